The van der Waals surface area contributed by atoms with Crippen LogP contribution in [-0.2, 0) is 17.2 Å². The van der Waals surface area contributed by atoms with Gasteiger partial charge in [0.2, 0.25) is 0 Å². The first-order valence-corrected chi connectivity index (χ1v) is 7.84. The summed E-state index contributed by atoms with van der Waals surface area (Å²) in [6.07, 6.45) is 3.70. The van der Waals surface area contributed by atoms with Crippen LogP contribution >= 0.6 is 11.6 Å². The monoisotopic (exact) mass is 314 g/mol. The number of rotatable bonds is 3. The third-order valence-corrected chi connectivity index (χ3v) is 3.61. The molecule has 0 saturated carbocycles. The molecule has 1 aromatic rings. The molecule has 1 aromatic heterocycles. The second kappa shape index (κ2) is 6.64. The van der Waals surface area contributed by atoms with Crippen LogP contribution < -0.4 is 0 Å². The van der Waals surface area contributed by atoms with E-state index >= 15 is 0 Å². The fourth-order valence-corrected chi connectivity index (χ4v) is 2.58. The predicted octanol–water partition coefficient (Wildman–Crippen LogP) is 2.66. The van der Waals surface area contributed by atoms with E-state index in [-0.39, 0.29) is 6.09 Å². The highest BCUT2D eigenvalue weighted by Gasteiger charge is 2.27. The van der Waals surface area contributed by atoms with Crippen LogP contribution in [0.25, 0.3) is 0 Å². The van der Waals surface area contributed by atoms with E-state index in [1.165, 1.54) is 0 Å². The summed E-state index contributed by atoms with van der Waals surface area (Å²) in [5, 5.41) is 8.04. The summed E-state index contributed by atoms with van der Waals surface area (Å²) in [4.78, 5) is 13.9. The van der Waals surface area contributed by atoms with E-state index in [0.29, 0.717) is 18.3 Å². The number of hydrogen-bond acceptors (Lipinski definition) is 4. The van der Waals surface area contributed by atoms with Gasteiger partial charge in [-0.2, -0.15) is 0 Å². The molecular weight excluding hydrogens is 292 g/mol. The largest absolute Gasteiger partial charge is 0.444 e. The lowest BCUT2D eigenvalue weighted by atomic mass is 9.98. The van der Waals surface area contributed by atoms with Gasteiger partial charge in [-0.15, -0.1) is 16.7 Å². The first-order valence-electron chi connectivity index (χ1n) is 7.30. The molecule has 118 valence electrons. The number of nitrogens with zero attached hydrogens (tertiary/aromatic N) is 4. The molecule has 2 rings (SSSR count). The maximum atomic E-state index is 12.1. The van der Waals surface area contributed by atoms with Crippen LogP contribution in [0.1, 0.15) is 39.3 Å². The molecule has 7 heteroatoms. The molecule has 0 aromatic carbocycles. The summed E-state index contributed by atoms with van der Waals surface area (Å²) < 4.78 is 7.24. The Morgan fingerprint density at radius 1 is 1.52 bits per heavy atom. The Morgan fingerprint density at radius 3 is 2.90 bits per heavy atom. The predicted molar refractivity (Wildman–Crippen MR) is 80.1 cm³/mol. The lowest BCUT2D eigenvalue weighted by molar-refractivity contribution is 0.0155. The minimum Gasteiger partial charge on any atom is -0.444 e. The highest BCUT2D eigenvalue weighted by atomic mass is 35.5. The van der Waals surface area contributed by atoms with Crippen LogP contribution in [0.4, 0.5) is 4.79 Å². The number of likely N-dealkylation sites (tertiary alicyclic amines) is 1. The van der Waals surface area contributed by atoms with Crippen molar-refractivity contribution < 1.29 is 9.53 Å². The van der Waals surface area contributed by atoms with Crippen LogP contribution in [-0.4, -0.2) is 44.7 Å². The second-order valence-electron chi connectivity index (χ2n) is 6.50. The third-order valence-electron chi connectivity index (χ3n) is 3.34. The Bertz CT molecular complexity index is 484. The molecule has 1 aliphatic rings. The van der Waals surface area contributed by atoms with Gasteiger partial charge in [0.1, 0.15) is 5.60 Å². The van der Waals surface area contributed by atoms with Gasteiger partial charge in [-0.05, 0) is 39.5 Å². The van der Waals surface area contributed by atoms with Gasteiger partial charge in [-0.1, -0.05) is 5.21 Å². The summed E-state index contributed by atoms with van der Waals surface area (Å²) in [6, 6.07) is 0. The average Bonchev–Trinajstić information content (AvgIpc) is 2.85. The zero-order chi connectivity index (χ0) is 15.5. The number of amides is 1. The Kier molecular flexibility index (Phi) is 5.08. The molecule has 0 spiro atoms. The van der Waals surface area contributed by atoms with Gasteiger partial charge in [0, 0.05) is 25.8 Å². The van der Waals surface area contributed by atoms with E-state index < -0.39 is 5.60 Å². The van der Waals surface area contributed by atoms with Crippen LogP contribution in [0.2, 0.25) is 0 Å². The normalized spacial score (nSPS) is 19.6. The van der Waals surface area contributed by atoms with E-state index in [4.69, 9.17) is 16.3 Å². The number of piperidine rings is 1. The van der Waals surface area contributed by atoms with Crippen molar-refractivity contribution in [2.45, 2.75) is 51.6 Å². The Labute approximate surface area is 130 Å². The van der Waals surface area contributed by atoms with Crippen LogP contribution in [0, 0.1) is 5.92 Å². The first-order chi connectivity index (χ1) is 9.87. The second-order valence-corrected chi connectivity index (χ2v) is 6.77. The summed E-state index contributed by atoms with van der Waals surface area (Å²) in [7, 11) is 0. The van der Waals surface area contributed by atoms with Gasteiger partial charge in [-0.3, -0.25) is 4.68 Å². The molecule has 0 radical (unpaired) electrons. The molecule has 0 unspecified atom stereocenters. The molecule has 0 aliphatic carbocycles. The van der Waals surface area contributed by atoms with Crippen molar-refractivity contribution in [3.63, 3.8) is 0 Å². The van der Waals surface area contributed by atoms with Gasteiger partial charge >= 0.3 is 6.09 Å². The van der Waals surface area contributed by atoms with Gasteiger partial charge in [0.05, 0.1) is 11.6 Å². The van der Waals surface area contributed by atoms with Gasteiger partial charge in [0.15, 0.2) is 0 Å². The minimum atomic E-state index is -0.453. The van der Waals surface area contributed by atoms with Crippen molar-refractivity contribution in [2.75, 3.05) is 13.1 Å². The van der Waals surface area contributed by atoms with E-state index in [0.717, 1.165) is 31.6 Å². The first kappa shape index (κ1) is 16.1. The van der Waals surface area contributed by atoms with Gasteiger partial charge in [-0.25, -0.2) is 4.79 Å². The molecule has 1 atom stereocenters. The maximum Gasteiger partial charge on any atom is 0.410 e. The number of ether oxygens (including phenoxy) is 1. The number of carbonyl (C=O) groups is 1. The van der Waals surface area contributed by atoms with E-state index in [1.54, 1.807) is 9.58 Å². The Morgan fingerprint density at radius 2 is 2.29 bits per heavy atom. The van der Waals surface area contributed by atoms with Crippen molar-refractivity contribution in [3.8, 4) is 0 Å². The lowest BCUT2D eigenvalue weighted by Crippen LogP contribution is -2.43. The van der Waals surface area contributed by atoms with Gasteiger partial charge in [0.25, 0.3) is 0 Å². The van der Waals surface area contributed by atoms with Crippen LogP contribution in [0.15, 0.2) is 6.20 Å². The van der Waals surface area contributed by atoms with Crippen molar-refractivity contribution in [2.24, 2.45) is 5.92 Å². The number of alkyl halides is 1. The van der Waals surface area contributed by atoms with Crippen molar-refractivity contribution >= 4 is 17.7 Å². The zero-order valence-corrected chi connectivity index (χ0v) is 13.6. The topological polar surface area (TPSA) is 60.2 Å². The van der Waals surface area contributed by atoms with Crippen molar-refractivity contribution in [1.29, 1.82) is 0 Å². The zero-order valence-electron chi connectivity index (χ0n) is 12.9. The van der Waals surface area contributed by atoms with E-state index in [9.17, 15) is 4.79 Å². The molecule has 1 fully saturated rings. The molecule has 2 heterocycles. The van der Waals surface area contributed by atoms with Gasteiger partial charge < -0.3 is 9.64 Å². The smallest absolute Gasteiger partial charge is 0.410 e. The maximum absolute atomic E-state index is 12.1. The van der Waals surface area contributed by atoms with Crippen molar-refractivity contribution in [3.05, 3.63) is 11.9 Å². The Hall–Kier alpha value is -1.30. The average molecular weight is 315 g/mol. The SMILES string of the molecule is CC(C)(C)OC(=O)N1CCC[C@@H](Cn2cc(CCl)nn2)C1. The molecule has 1 saturated heterocycles. The van der Waals surface area contributed by atoms with Crippen LogP contribution in [0.3, 0.4) is 0 Å². The van der Waals surface area contributed by atoms with Crippen LogP contribution in [0.5, 0.6) is 0 Å². The molecule has 21 heavy (non-hydrogen) atoms. The summed E-state index contributed by atoms with van der Waals surface area (Å²) in [5.74, 6) is 0.741. The number of hydrogen-bond donors (Lipinski definition) is 0. The fourth-order valence-electron chi connectivity index (χ4n) is 2.46. The highest BCUT2D eigenvalue weighted by Crippen LogP contribution is 2.20. The summed E-state index contributed by atoms with van der Waals surface area (Å²) >= 11 is 5.72. The fraction of sp³-hybridized carbons (Fsp3) is 0.786. The summed E-state index contributed by atoms with van der Waals surface area (Å²) in [6.45, 7) is 7.87. The van der Waals surface area contributed by atoms with E-state index in [1.807, 2.05) is 27.0 Å². The van der Waals surface area contributed by atoms with E-state index in [2.05, 4.69) is 10.3 Å². The Balaban J connectivity index is 1.89. The molecule has 1 amide bonds. The third kappa shape index (κ3) is 4.88. The highest BCUT2D eigenvalue weighted by molar-refractivity contribution is 6.16. The van der Waals surface area contributed by atoms with Crippen molar-refractivity contribution in [1.82, 2.24) is 19.9 Å². The standard InChI is InChI=1S/C14H23ClN4O2/c1-14(2,3)21-13(20)18-6-4-5-11(8-18)9-19-10-12(7-15)16-17-19/h10-11H,4-9H2,1-3H3/t11-/m1/s1. The molecule has 6 nitrogen and oxygen atoms in total. The molecular formula is C14H23ClN4O2. The molecule has 0 bridgehead atoms. The number of halogens is 1. The molecule has 0 N–H and O–H groups in total. The lowest BCUT2D eigenvalue weighted by Gasteiger charge is -2.34. The summed E-state index contributed by atoms with van der Waals surface area (Å²) in [5.41, 5.74) is 0.321. The number of carbonyl (C=O) groups excluding carboxylic acids is 1. The quantitative estimate of drug-likeness (QED) is 0.805. The minimum absolute atomic E-state index is 0.229. The number of aromatic nitrogens is 3. The molecule has 1 aliphatic heterocycles.